The molecule has 1 aromatic heterocycles. The zero-order chi connectivity index (χ0) is 11.4. The molecule has 0 unspecified atom stereocenters. The van der Waals surface area contributed by atoms with E-state index in [4.69, 9.17) is 5.11 Å². The lowest BCUT2D eigenvalue weighted by molar-refractivity contribution is -0.138. The van der Waals surface area contributed by atoms with Crippen LogP contribution in [0.2, 0.25) is 0 Å². The van der Waals surface area contributed by atoms with Gasteiger partial charge in [-0.2, -0.15) is 0 Å². The Hall–Kier alpha value is -1.98. The average Bonchev–Trinajstić information content (AvgIpc) is 2.17. The van der Waals surface area contributed by atoms with Gasteiger partial charge in [0.05, 0.1) is 0 Å². The van der Waals surface area contributed by atoms with Crippen molar-refractivity contribution in [3.63, 3.8) is 0 Å². The van der Waals surface area contributed by atoms with Crippen LogP contribution in [0.1, 0.15) is 23.2 Å². The molecule has 15 heavy (non-hydrogen) atoms. The number of carboxylic acids is 1. The van der Waals surface area contributed by atoms with Crippen LogP contribution in [0.25, 0.3) is 0 Å². The normalized spacial score (nSPS) is 11.9. The van der Waals surface area contributed by atoms with E-state index >= 15 is 0 Å². The molecule has 0 aromatic carbocycles. The third kappa shape index (κ3) is 3.01. The summed E-state index contributed by atoms with van der Waals surface area (Å²) in [5.74, 6) is -1.14. The van der Waals surface area contributed by atoms with Gasteiger partial charge in [0.25, 0.3) is 5.91 Å². The molecule has 0 spiro atoms. The Bertz CT molecular complexity index is 392. The van der Waals surface area contributed by atoms with Gasteiger partial charge in [-0.1, -0.05) is 0 Å². The average molecular weight is 209 g/mol. The van der Waals surface area contributed by atoms with Crippen LogP contribution in [0.15, 0.2) is 12.3 Å². The Morgan fingerprint density at radius 2 is 2.20 bits per heavy atom. The van der Waals surface area contributed by atoms with Crippen LogP contribution in [0.5, 0.6) is 0 Å². The van der Waals surface area contributed by atoms with Crippen molar-refractivity contribution >= 4 is 11.9 Å². The molecule has 6 nitrogen and oxygen atoms in total. The number of carbonyl (C=O) groups excluding carboxylic acids is 1. The second-order valence-corrected chi connectivity index (χ2v) is 3.02. The summed E-state index contributed by atoms with van der Waals surface area (Å²) in [6.07, 6.45) is 1.45. The molecule has 0 saturated heterocycles. The first-order valence-corrected chi connectivity index (χ1v) is 4.34. The lowest BCUT2D eigenvalue weighted by Crippen LogP contribution is -2.38. The summed E-state index contributed by atoms with van der Waals surface area (Å²) in [6, 6.07) is 0.490. The highest BCUT2D eigenvalue weighted by atomic mass is 16.4. The Balaban J connectivity index is 2.73. The van der Waals surface area contributed by atoms with Crippen LogP contribution in [0.3, 0.4) is 0 Å². The van der Waals surface area contributed by atoms with Crippen molar-refractivity contribution in [3.8, 4) is 0 Å². The molecule has 0 radical (unpaired) electrons. The van der Waals surface area contributed by atoms with Crippen LogP contribution in [0.4, 0.5) is 0 Å². The van der Waals surface area contributed by atoms with Crippen molar-refractivity contribution in [3.05, 3.63) is 23.8 Å². The van der Waals surface area contributed by atoms with E-state index in [2.05, 4.69) is 15.3 Å². The number of aryl methyl sites for hydroxylation is 1. The molecular formula is C9H11N3O3. The number of nitrogens with one attached hydrogen (secondary N) is 1. The van der Waals surface area contributed by atoms with Gasteiger partial charge in [0.1, 0.15) is 17.6 Å². The maximum Gasteiger partial charge on any atom is 0.325 e. The molecule has 2 N–H and O–H groups in total. The minimum atomic E-state index is -1.09. The van der Waals surface area contributed by atoms with Crippen LogP contribution < -0.4 is 5.32 Å². The molecule has 1 heterocycles. The van der Waals surface area contributed by atoms with Crippen molar-refractivity contribution in [1.29, 1.82) is 0 Å². The fourth-order valence-electron chi connectivity index (χ4n) is 0.915. The van der Waals surface area contributed by atoms with Gasteiger partial charge in [0.15, 0.2) is 0 Å². The molecule has 0 fully saturated rings. The Labute approximate surface area is 86.4 Å². The van der Waals surface area contributed by atoms with Crippen LogP contribution in [-0.2, 0) is 4.79 Å². The van der Waals surface area contributed by atoms with E-state index in [9.17, 15) is 9.59 Å². The summed E-state index contributed by atoms with van der Waals surface area (Å²) in [4.78, 5) is 29.6. The summed E-state index contributed by atoms with van der Waals surface area (Å²) in [6.45, 7) is 3.03. The zero-order valence-electron chi connectivity index (χ0n) is 8.39. The first kappa shape index (κ1) is 11.1. The second kappa shape index (κ2) is 4.50. The zero-order valence-corrected chi connectivity index (χ0v) is 8.39. The van der Waals surface area contributed by atoms with Gasteiger partial charge in [-0.05, 0) is 19.9 Å². The third-order valence-electron chi connectivity index (χ3n) is 1.73. The van der Waals surface area contributed by atoms with Gasteiger partial charge in [-0.3, -0.25) is 9.59 Å². The Morgan fingerprint density at radius 1 is 1.53 bits per heavy atom. The summed E-state index contributed by atoms with van der Waals surface area (Å²) in [5, 5.41) is 10.9. The maximum atomic E-state index is 11.4. The molecule has 0 bridgehead atoms. The molecule has 1 atom stereocenters. The molecule has 1 aromatic rings. The maximum absolute atomic E-state index is 11.4. The van der Waals surface area contributed by atoms with Crippen LogP contribution >= 0.6 is 0 Å². The number of amides is 1. The van der Waals surface area contributed by atoms with Gasteiger partial charge < -0.3 is 10.4 Å². The topological polar surface area (TPSA) is 92.2 Å². The summed E-state index contributed by atoms with van der Waals surface area (Å²) in [5.41, 5.74) is 0.163. The summed E-state index contributed by atoms with van der Waals surface area (Å²) in [7, 11) is 0. The van der Waals surface area contributed by atoms with Gasteiger partial charge in [-0.25, -0.2) is 9.97 Å². The van der Waals surface area contributed by atoms with E-state index in [1.807, 2.05) is 0 Å². The SMILES string of the molecule is Cc1nccc(C(=O)N[C@@H](C)C(=O)O)n1. The van der Waals surface area contributed by atoms with E-state index in [0.717, 1.165) is 0 Å². The predicted octanol–water partition coefficient (Wildman–Crippen LogP) is -0.0121. The Kier molecular flexibility index (Phi) is 3.33. The first-order chi connectivity index (χ1) is 7.00. The van der Waals surface area contributed by atoms with Crippen molar-refractivity contribution in [1.82, 2.24) is 15.3 Å². The molecule has 1 rings (SSSR count). The number of nitrogens with zero attached hydrogens (tertiary/aromatic N) is 2. The number of hydrogen-bond acceptors (Lipinski definition) is 4. The number of carbonyl (C=O) groups is 2. The molecule has 0 aliphatic carbocycles. The lowest BCUT2D eigenvalue weighted by Gasteiger charge is -2.08. The van der Waals surface area contributed by atoms with Crippen molar-refractivity contribution in [2.24, 2.45) is 0 Å². The fraction of sp³-hybridized carbons (Fsp3) is 0.333. The van der Waals surface area contributed by atoms with Gasteiger partial charge >= 0.3 is 5.97 Å². The van der Waals surface area contributed by atoms with Gasteiger partial charge in [-0.15, -0.1) is 0 Å². The third-order valence-corrected chi connectivity index (χ3v) is 1.73. The number of rotatable bonds is 3. The highest BCUT2D eigenvalue weighted by Gasteiger charge is 2.15. The summed E-state index contributed by atoms with van der Waals surface area (Å²) >= 11 is 0. The number of aliphatic carboxylic acids is 1. The minimum absolute atomic E-state index is 0.163. The van der Waals surface area contributed by atoms with E-state index in [1.165, 1.54) is 19.2 Å². The largest absolute Gasteiger partial charge is 0.480 e. The second-order valence-electron chi connectivity index (χ2n) is 3.02. The minimum Gasteiger partial charge on any atom is -0.480 e. The molecule has 1 amide bonds. The molecule has 0 aliphatic heterocycles. The first-order valence-electron chi connectivity index (χ1n) is 4.34. The summed E-state index contributed by atoms with van der Waals surface area (Å²) < 4.78 is 0. The molecule has 0 aliphatic rings. The van der Waals surface area contributed by atoms with E-state index in [-0.39, 0.29) is 5.69 Å². The van der Waals surface area contributed by atoms with Crippen molar-refractivity contribution in [2.45, 2.75) is 19.9 Å². The molecule has 80 valence electrons. The van der Waals surface area contributed by atoms with Crippen LogP contribution in [0, 0.1) is 6.92 Å². The van der Waals surface area contributed by atoms with Gasteiger partial charge in [0, 0.05) is 6.20 Å². The van der Waals surface area contributed by atoms with Gasteiger partial charge in [0.2, 0.25) is 0 Å². The molecule has 0 saturated carbocycles. The molecule has 6 heteroatoms. The van der Waals surface area contributed by atoms with Crippen LogP contribution in [-0.4, -0.2) is 33.0 Å². The molecular weight excluding hydrogens is 198 g/mol. The number of hydrogen-bond donors (Lipinski definition) is 2. The number of aromatic nitrogens is 2. The predicted molar refractivity (Wildman–Crippen MR) is 51.3 cm³/mol. The van der Waals surface area contributed by atoms with E-state index < -0.39 is 17.9 Å². The standard InChI is InChI=1S/C9H11N3O3/c1-5(9(14)15)11-8(13)7-3-4-10-6(2)12-7/h3-5H,1-2H3,(H,11,13)(H,14,15)/t5-/m0/s1. The van der Waals surface area contributed by atoms with Crippen molar-refractivity contribution in [2.75, 3.05) is 0 Å². The number of carboxylic acid groups (broad SMARTS) is 1. The monoisotopic (exact) mass is 209 g/mol. The quantitative estimate of drug-likeness (QED) is 0.730. The highest BCUT2D eigenvalue weighted by molar-refractivity contribution is 5.94. The fourth-order valence-corrected chi connectivity index (χ4v) is 0.915. The highest BCUT2D eigenvalue weighted by Crippen LogP contribution is 1.95. The lowest BCUT2D eigenvalue weighted by atomic mass is 10.3. The van der Waals surface area contributed by atoms with Crippen molar-refractivity contribution < 1.29 is 14.7 Å². The van der Waals surface area contributed by atoms with E-state index in [1.54, 1.807) is 6.92 Å². The van der Waals surface area contributed by atoms with E-state index in [0.29, 0.717) is 5.82 Å². The Morgan fingerprint density at radius 3 is 2.73 bits per heavy atom. The smallest absolute Gasteiger partial charge is 0.325 e.